The van der Waals surface area contributed by atoms with E-state index in [1.165, 1.54) is 5.56 Å². The predicted molar refractivity (Wildman–Crippen MR) is 96.8 cm³/mol. The van der Waals surface area contributed by atoms with Gasteiger partial charge in [-0.2, -0.15) is 0 Å². The molecular weight excluding hydrogens is 254 g/mol. The first-order valence-electron chi connectivity index (χ1n) is 8.19. The quantitative estimate of drug-likeness (QED) is 0.613. The Bertz CT molecular complexity index is 393. The van der Waals surface area contributed by atoms with Gasteiger partial charge in [-0.25, -0.2) is 0 Å². The molecule has 118 valence electrons. The molecule has 0 radical (unpaired) electrons. The zero-order valence-corrected chi connectivity index (χ0v) is 14.9. The van der Waals surface area contributed by atoms with Crippen LogP contribution < -0.4 is 0 Å². The lowest BCUT2D eigenvalue weighted by molar-refractivity contribution is 0.867. The second kappa shape index (κ2) is 16.4. The van der Waals surface area contributed by atoms with Gasteiger partial charge in [0.15, 0.2) is 0 Å². The fraction of sp³-hybridized carbons (Fsp3) is 0.450. The normalized spacial score (nSPS) is 8.38. The summed E-state index contributed by atoms with van der Waals surface area (Å²) in [5, 5.41) is 0. The van der Waals surface area contributed by atoms with Crippen molar-refractivity contribution in [3.63, 3.8) is 0 Å². The van der Waals surface area contributed by atoms with Gasteiger partial charge in [0.1, 0.15) is 0 Å². The number of aryl methyl sites for hydroxylation is 1. The number of nitrogens with zero attached hydrogens (tertiary/aromatic N) is 1. The Balaban J connectivity index is 0. The average molecular weight is 287 g/mol. The molecule has 0 N–H and O–H groups in total. The van der Waals surface area contributed by atoms with Crippen LogP contribution in [0.4, 0.5) is 0 Å². The SMILES string of the molecule is CC.CC.CC(C)c1ccccc1.CCc1ccccn1. The summed E-state index contributed by atoms with van der Waals surface area (Å²) >= 11 is 0. The summed E-state index contributed by atoms with van der Waals surface area (Å²) in [5.41, 5.74) is 2.57. The number of aromatic nitrogens is 1. The lowest BCUT2D eigenvalue weighted by Gasteiger charge is -2.01. The van der Waals surface area contributed by atoms with Crippen molar-refractivity contribution >= 4 is 0 Å². The van der Waals surface area contributed by atoms with E-state index in [0.29, 0.717) is 5.92 Å². The van der Waals surface area contributed by atoms with Crippen molar-refractivity contribution < 1.29 is 0 Å². The van der Waals surface area contributed by atoms with Crippen molar-refractivity contribution in [2.24, 2.45) is 0 Å². The first kappa shape index (κ1) is 21.7. The zero-order chi connectivity index (χ0) is 16.5. The highest BCUT2D eigenvalue weighted by Gasteiger charge is 1.93. The van der Waals surface area contributed by atoms with Crippen molar-refractivity contribution in [3.05, 3.63) is 66.0 Å². The lowest BCUT2D eigenvalue weighted by Crippen LogP contribution is -1.83. The molecule has 1 aromatic carbocycles. The lowest BCUT2D eigenvalue weighted by atomic mass is 10.0. The number of benzene rings is 1. The smallest absolute Gasteiger partial charge is 0.0400 e. The second-order valence-electron chi connectivity index (χ2n) is 4.24. The fourth-order valence-corrected chi connectivity index (χ4v) is 1.45. The number of hydrogen-bond donors (Lipinski definition) is 0. The molecular formula is C20H33N. The van der Waals surface area contributed by atoms with E-state index in [2.05, 4.69) is 50.0 Å². The largest absolute Gasteiger partial charge is 0.261 e. The van der Waals surface area contributed by atoms with Gasteiger partial charge in [-0.15, -0.1) is 0 Å². The second-order valence-corrected chi connectivity index (χ2v) is 4.24. The van der Waals surface area contributed by atoms with E-state index in [1.807, 2.05) is 58.2 Å². The zero-order valence-electron chi connectivity index (χ0n) is 14.9. The molecule has 1 heteroatoms. The molecule has 0 atom stereocenters. The average Bonchev–Trinajstić information content (AvgIpc) is 2.60. The number of pyridine rings is 1. The molecule has 0 aliphatic rings. The molecule has 1 heterocycles. The van der Waals surface area contributed by atoms with Crippen molar-refractivity contribution in [3.8, 4) is 0 Å². The van der Waals surface area contributed by atoms with Crippen LogP contribution in [0.2, 0.25) is 0 Å². The standard InChI is InChI=1S/C9H12.C7H9N.2C2H6/c1-8(2)9-6-4-3-5-7-9;1-2-7-5-3-4-6-8-7;2*1-2/h3-8H,1-2H3;3-6H,2H2,1H3;2*1-2H3. The van der Waals surface area contributed by atoms with Crippen LogP contribution in [0.15, 0.2) is 54.7 Å². The summed E-state index contributed by atoms with van der Waals surface area (Å²) in [6, 6.07) is 16.5. The van der Waals surface area contributed by atoms with Gasteiger partial charge in [-0.1, -0.05) is 84.9 Å². The van der Waals surface area contributed by atoms with Gasteiger partial charge < -0.3 is 0 Å². The van der Waals surface area contributed by atoms with Gasteiger partial charge in [0, 0.05) is 11.9 Å². The third kappa shape index (κ3) is 11.9. The number of hydrogen-bond acceptors (Lipinski definition) is 1. The first-order chi connectivity index (χ1) is 10.2. The van der Waals surface area contributed by atoms with E-state index < -0.39 is 0 Å². The van der Waals surface area contributed by atoms with E-state index in [-0.39, 0.29) is 0 Å². The Kier molecular flexibility index (Phi) is 16.9. The molecule has 0 fully saturated rings. The topological polar surface area (TPSA) is 12.9 Å². The molecule has 0 saturated carbocycles. The molecule has 0 unspecified atom stereocenters. The molecule has 0 aliphatic carbocycles. The van der Waals surface area contributed by atoms with Crippen LogP contribution in [0.5, 0.6) is 0 Å². The van der Waals surface area contributed by atoms with Gasteiger partial charge in [0.2, 0.25) is 0 Å². The minimum absolute atomic E-state index is 0.659. The van der Waals surface area contributed by atoms with Crippen LogP contribution in [0.1, 0.15) is 65.6 Å². The Morgan fingerprint density at radius 2 is 1.33 bits per heavy atom. The Labute approximate surface area is 132 Å². The van der Waals surface area contributed by atoms with Gasteiger partial charge in [-0.3, -0.25) is 4.98 Å². The molecule has 0 bridgehead atoms. The van der Waals surface area contributed by atoms with E-state index in [9.17, 15) is 0 Å². The molecule has 0 spiro atoms. The van der Waals surface area contributed by atoms with Crippen molar-refractivity contribution in [2.45, 2.75) is 60.8 Å². The third-order valence-corrected chi connectivity index (χ3v) is 2.55. The maximum Gasteiger partial charge on any atom is 0.0400 e. The summed E-state index contributed by atoms with van der Waals surface area (Å²) in [5.74, 6) is 0.659. The summed E-state index contributed by atoms with van der Waals surface area (Å²) < 4.78 is 0. The monoisotopic (exact) mass is 287 g/mol. The maximum atomic E-state index is 4.10. The van der Waals surface area contributed by atoms with Gasteiger partial charge >= 0.3 is 0 Å². The van der Waals surface area contributed by atoms with Crippen LogP contribution in [0.3, 0.4) is 0 Å². The van der Waals surface area contributed by atoms with Gasteiger partial charge in [0.05, 0.1) is 0 Å². The van der Waals surface area contributed by atoms with Crippen molar-refractivity contribution in [2.75, 3.05) is 0 Å². The maximum absolute atomic E-state index is 4.10. The van der Waals surface area contributed by atoms with Crippen LogP contribution >= 0.6 is 0 Å². The van der Waals surface area contributed by atoms with Gasteiger partial charge in [-0.05, 0) is 30.0 Å². The van der Waals surface area contributed by atoms with Crippen LogP contribution in [-0.2, 0) is 6.42 Å². The Hall–Kier alpha value is -1.63. The summed E-state index contributed by atoms with van der Waals surface area (Å²) in [6.07, 6.45) is 2.85. The highest BCUT2D eigenvalue weighted by atomic mass is 14.6. The number of rotatable bonds is 2. The highest BCUT2D eigenvalue weighted by Crippen LogP contribution is 2.11. The van der Waals surface area contributed by atoms with E-state index in [0.717, 1.165) is 12.1 Å². The van der Waals surface area contributed by atoms with Crippen molar-refractivity contribution in [1.29, 1.82) is 0 Å². The van der Waals surface area contributed by atoms with Crippen molar-refractivity contribution in [1.82, 2.24) is 4.98 Å². The summed E-state index contributed by atoms with van der Waals surface area (Å²) in [7, 11) is 0. The first-order valence-corrected chi connectivity index (χ1v) is 8.19. The Morgan fingerprint density at radius 3 is 1.62 bits per heavy atom. The minimum Gasteiger partial charge on any atom is -0.261 e. The summed E-state index contributed by atoms with van der Waals surface area (Å²) in [4.78, 5) is 4.10. The molecule has 21 heavy (non-hydrogen) atoms. The fourth-order valence-electron chi connectivity index (χ4n) is 1.45. The molecule has 0 saturated heterocycles. The van der Waals surface area contributed by atoms with Crippen LogP contribution in [-0.4, -0.2) is 4.98 Å². The van der Waals surface area contributed by atoms with E-state index in [1.54, 1.807) is 0 Å². The minimum atomic E-state index is 0.659. The Morgan fingerprint density at radius 1 is 0.810 bits per heavy atom. The molecule has 1 nitrogen and oxygen atoms in total. The van der Waals surface area contributed by atoms with E-state index in [4.69, 9.17) is 0 Å². The molecule has 2 aromatic rings. The molecule has 0 amide bonds. The van der Waals surface area contributed by atoms with Crippen LogP contribution in [0.25, 0.3) is 0 Å². The third-order valence-electron chi connectivity index (χ3n) is 2.55. The van der Waals surface area contributed by atoms with E-state index >= 15 is 0 Å². The molecule has 0 aliphatic heterocycles. The highest BCUT2D eigenvalue weighted by molar-refractivity contribution is 5.17. The molecule has 2 rings (SSSR count). The summed E-state index contributed by atoms with van der Waals surface area (Å²) in [6.45, 7) is 14.5. The van der Waals surface area contributed by atoms with Gasteiger partial charge in [0.25, 0.3) is 0 Å². The predicted octanol–water partition coefficient (Wildman–Crippen LogP) is 6.51. The molecule has 1 aromatic heterocycles. The van der Waals surface area contributed by atoms with Crippen LogP contribution in [0, 0.1) is 0 Å².